The van der Waals surface area contributed by atoms with Crippen molar-refractivity contribution in [1.82, 2.24) is 4.90 Å². The van der Waals surface area contributed by atoms with E-state index in [1.807, 2.05) is 7.05 Å². The summed E-state index contributed by atoms with van der Waals surface area (Å²) in [6.07, 6.45) is 1.68. The van der Waals surface area contributed by atoms with Crippen molar-refractivity contribution in [3.63, 3.8) is 0 Å². The number of likely N-dealkylation sites (tertiary alicyclic amines) is 1. The average Bonchev–Trinajstić information content (AvgIpc) is 2.20. The molecule has 1 aliphatic rings. The number of nitrogens with two attached hydrogens (primary N) is 1. The van der Waals surface area contributed by atoms with E-state index in [1.54, 1.807) is 0 Å². The van der Waals surface area contributed by atoms with Crippen LogP contribution < -0.4 is 5.73 Å². The molecular weight excluding hydrogens is 210 g/mol. The Balaban J connectivity index is 2.27. The van der Waals surface area contributed by atoms with Crippen molar-refractivity contribution in [2.24, 2.45) is 5.73 Å². The minimum Gasteiger partial charge on any atom is -0.328 e. The molecule has 1 aromatic carbocycles. The highest BCUT2D eigenvalue weighted by molar-refractivity contribution is 5.22. The zero-order valence-corrected chi connectivity index (χ0v) is 9.29. The largest absolute Gasteiger partial charge is 0.328 e. The van der Waals surface area contributed by atoms with Gasteiger partial charge in [0.2, 0.25) is 0 Å². The predicted octanol–water partition coefficient (Wildman–Crippen LogP) is 2.06. The molecule has 16 heavy (non-hydrogen) atoms. The van der Waals surface area contributed by atoms with E-state index >= 15 is 0 Å². The Morgan fingerprint density at radius 1 is 1.25 bits per heavy atom. The molecule has 4 heteroatoms. The van der Waals surface area contributed by atoms with Crippen molar-refractivity contribution in [1.29, 1.82) is 0 Å². The van der Waals surface area contributed by atoms with Crippen molar-refractivity contribution in [2.45, 2.75) is 24.9 Å². The molecule has 1 aliphatic heterocycles. The molecule has 2 nitrogen and oxygen atoms in total. The fraction of sp³-hybridized carbons (Fsp3) is 0.500. The first kappa shape index (κ1) is 11.5. The summed E-state index contributed by atoms with van der Waals surface area (Å²) in [5.74, 6) is -1.05. The molecular formula is C12H16F2N2. The van der Waals surface area contributed by atoms with Gasteiger partial charge in [-0.2, -0.15) is 0 Å². The van der Waals surface area contributed by atoms with Gasteiger partial charge in [-0.05, 0) is 44.1 Å². The van der Waals surface area contributed by atoms with Crippen molar-refractivity contribution in [3.05, 3.63) is 35.4 Å². The third-order valence-corrected chi connectivity index (χ3v) is 3.18. The maximum Gasteiger partial charge on any atom is 0.126 e. The van der Waals surface area contributed by atoms with E-state index in [0.29, 0.717) is 5.56 Å². The van der Waals surface area contributed by atoms with Crippen LogP contribution in [0.5, 0.6) is 0 Å². The molecule has 1 fully saturated rings. The van der Waals surface area contributed by atoms with E-state index in [0.717, 1.165) is 25.5 Å². The Morgan fingerprint density at radius 3 is 2.50 bits per heavy atom. The van der Waals surface area contributed by atoms with Crippen LogP contribution in [0.2, 0.25) is 0 Å². The fourth-order valence-electron chi connectivity index (χ4n) is 2.27. The molecule has 1 heterocycles. The Kier molecular flexibility index (Phi) is 3.21. The molecule has 0 bridgehead atoms. The molecule has 1 aromatic rings. The second-order valence-electron chi connectivity index (χ2n) is 4.48. The van der Waals surface area contributed by atoms with Crippen molar-refractivity contribution in [3.8, 4) is 0 Å². The van der Waals surface area contributed by atoms with Gasteiger partial charge in [-0.25, -0.2) is 8.78 Å². The van der Waals surface area contributed by atoms with Crippen LogP contribution >= 0.6 is 0 Å². The van der Waals surface area contributed by atoms with E-state index in [4.69, 9.17) is 5.73 Å². The third-order valence-electron chi connectivity index (χ3n) is 3.18. The summed E-state index contributed by atoms with van der Waals surface area (Å²) in [4.78, 5) is 2.09. The van der Waals surface area contributed by atoms with Gasteiger partial charge in [0.1, 0.15) is 11.6 Å². The van der Waals surface area contributed by atoms with Gasteiger partial charge in [-0.15, -0.1) is 0 Å². The third kappa shape index (κ3) is 2.39. The van der Waals surface area contributed by atoms with Gasteiger partial charge < -0.3 is 5.73 Å². The molecule has 2 rings (SSSR count). The number of halogens is 2. The molecule has 2 N–H and O–H groups in total. The van der Waals surface area contributed by atoms with Crippen molar-refractivity contribution >= 4 is 0 Å². The summed E-state index contributed by atoms with van der Waals surface area (Å²) < 4.78 is 26.2. The first-order valence-corrected chi connectivity index (χ1v) is 5.48. The first-order valence-electron chi connectivity index (χ1n) is 5.48. The lowest BCUT2D eigenvalue weighted by Crippen LogP contribution is -2.39. The quantitative estimate of drug-likeness (QED) is 0.794. The van der Waals surface area contributed by atoms with Crippen LogP contribution in [0.1, 0.15) is 24.4 Å². The molecule has 0 radical (unpaired) electrons. The molecule has 0 saturated carbocycles. The smallest absolute Gasteiger partial charge is 0.126 e. The zero-order chi connectivity index (χ0) is 11.7. The number of piperidine rings is 1. The zero-order valence-electron chi connectivity index (χ0n) is 9.29. The van der Waals surface area contributed by atoms with Crippen LogP contribution in [0.25, 0.3) is 0 Å². The molecule has 0 aromatic heterocycles. The normalized spacial score (nSPS) is 27.0. The van der Waals surface area contributed by atoms with E-state index in [1.165, 1.54) is 12.1 Å². The first-order chi connectivity index (χ1) is 7.56. The monoisotopic (exact) mass is 226 g/mol. The molecule has 2 unspecified atom stereocenters. The van der Waals surface area contributed by atoms with E-state index in [9.17, 15) is 8.78 Å². The number of benzene rings is 1. The topological polar surface area (TPSA) is 29.3 Å². The highest BCUT2D eigenvalue weighted by atomic mass is 19.1. The molecule has 0 spiro atoms. The molecule has 1 saturated heterocycles. The Bertz CT molecular complexity index is 361. The summed E-state index contributed by atoms with van der Waals surface area (Å²) in [6, 6.07) is 3.82. The molecule has 0 aliphatic carbocycles. The van der Waals surface area contributed by atoms with Gasteiger partial charge in [0.05, 0.1) is 0 Å². The highest BCUT2D eigenvalue weighted by Gasteiger charge is 2.25. The molecule has 2 atom stereocenters. The standard InChI is InChI=1S/C12H16F2N2/c1-16-3-2-11(15)7-12(16)8-4-9(13)6-10(14)5-8/h4-6,11-12H,2-3,7,15H2,1H3. The van der Waals surface area contributed by atoms with E-state index < -0.39 is 11.6 Å². The predicted molar refractivity (Wildman–Crippen MR) is 58.9 cm³/mol. The Labute approximate surface area is 94.0 Å². The fourth-order valence-corrected chi connectivity index (χ4v) is 2.27. The van der Waals surface area contributed by atoms with Gasteiger partial charge in [-0.3, -0.25) is 4.90 Å². The van der Waals surface area contributed by atoms with Crippen molar-refractivity contribution in [2.75, 3.05) is 13.6 Å². The highest BCUT2D eigenvalue weighted by Crippen LogP contribution is 2.29. The van der Waals surface area contributed by atoms with Gasteiger partial charge in [-0.1, -0.05) is 0 Å². The SMILES string of the molecule is CN1CCC(N)CC1c1cc(F)cc(F)c1. The summed E-state index contributed by atoms with van der Waals surface area (Å²) in [5, 5.41) is 0. The number of hydrogen-bond donors (Lipinski definition) is 1. The Morgan fingerprint density at radius 2 is 1.88 bits per heavy atom. The summed E-state index contributed by atoms with van der Waals surface area (Å²) in [6.45, 7) is 0.865. The summed E-state index contributed by atoms with van der Waals surface area (Å²) in [7, 11) is 1.96. The lowest BCUT2D eigenvalue weighted by atomic mass is 9.93. The average molecular weight is 226 g/mol. The van der Waals surface area contributed by atoms with Gasteiger partial charge in [0, 0.05) is 18.2 Å². The van der Waals surface area contributed by atoms with Crippen LogP contribution in [0, 0.1) is 11.6 Å². The van der Waals surface area contributed by atoms with Gasteiger partial charge in [0.25, 0.3) is 0 Å². The van der Waals surface area contributed by atoms with E-state index in [2.05, 4.69) is 4.90 Å². The van der Waals surface area contributed by atoms with Crippen molar-refractivity contribution < 1.29 is 8.78 Å². The molecule has 88 valence electrons. The van der Waals surface area contributed by atoms with Crippen LogP contribution in [0.4, 0.5) is 8.78 Å². The second kappa shape index (κ2) is 4.47. The number of nitrogens with zero attached hydrogens (tertiary/aromatic N) is 1. The van der Waals surface area contributed by atoms with Crippen LogP contribution in [-0.4, -0.2) is 24.5 Å². The molecule has 0 amide bonds. The van der Waals surface area contributed by atoms with Crippen LogP contribution in [-0.2, 0) is 0 Å². The summed E-state index contributed by atoms with van der Waals surface area (Å²) in [5.41, 5.74) is 6.56. The summed E-state index contributed by atoms with van der Waals surface area (Å²) >= 11 is 0. The van der Waals surface area contributed by atoms with Crippen LogP contribution in [0.15, 0.2) is 18.2 Å². The maximum atomic E-state index is 13.1. The van der Waals surface area contributed by atoms with E-state index in [-0.39, 0.29) is 12.1 Å². The maximum absolute atomic E-state index is 13.1. The van der Waals surface area contributed by atoms with Gasteiger partial charge >= 0.3 is 0 Å². The second-order valence-corrected chi connectivity index (χ2v) is 4.48. The Hall–Kier alpha value is -1.00. The number of hydrogen-bond acceptors (Lipinski definition) is 2. The lowest BCUT2D eigenvalue weighted by Gasteiger charge is -2.36. The van der Waals surface area contributed by atoms with Gasteiger partial charge in [0.15, 0.2) is 0 Å². The minimum atomic E-state index is -0.525. The minimum absolute atomic E-state index is 0.0222. The lowest BCUT2D eigenvalue weighted by molar-refractivity contribution is 0.171. The number of rotatable bonds is 1. The van der Waals surface area contributed by atoms with Crippen LogP contribution in [0.3, 0.4) is 0 Å².